The Labute approximate surface area is 172 Å². The van der Waals surface area contributed by atoms with Crippen LogP contribution in [0.25, 0.3) is 0 Å². The molecule has 0 spiro atoms. The van der Waals surface area contributed by atoms with Gasteiger partial charge < -0.3 is 9.30 Å². The summed E-state index contributed by atoms with van der Waals surface area (Å²) in [6.45, 7) is 10.00. The van der Waals surface area contributed by atoms with Gasteiger partial charge in [-0.1, -0.05) is 73.3 Å². The van der Waals surface area contributed by atoms with Crippen molar-refractivity contribution in [3.8, 4) is 0 Å². The van der Waals surface area contributed by atoms with Crippen molar-refractivity contribution in [3.63, 3.8) is 0 Å². The number of esters is 1. The van der Waals surface area contributed by atoms with E-state index in [4.69, 9.17) is 9.72 Å². The van der Waals surface area contributed by atoms with Gasteiger partial charge in [-0.3, -0.25) is 0 Å². The van der Waals surface area contributed by atoms with Crippen molar-refractivity contribution in [1.82, 2.24) is 9.55 Å². The Kier molecular flexibility index (Phi) is 6.80. The van der Waals surface area contributed by atoms with Gasteiger partial charge in [-0.25, -0.2) is 9.78 Å². The second-order valence-electron chi connectivity index (χ2n) is 7.00. The number of benzene rings is 2. The zero-order valence-corrected chi connectivity index (χ0v) is 16.8. The van der Waals surface area contributed by atoms with E-state index in [1.165, 1.54) is 11.1 Å². The molecule has 0 unspecified atom stereocenters. The molecule has 148 valence electrons. The summed E-state index contributed by atoms with van der Waals surface area (Å²) in [6, 6.07) is 20.5. The number of carbonyl (C=O) groups is 1. The van der Waals surface area contributed by atoms with Crippen LogP contribution in [0.1, 0.15) is 35.3 Å². The molecule has 2 aromatic carbocycles. The molecule has 0 aliphatic heterocycles. The number of aromatic nitrogens is 2. The SMILES string of the molecule is C=CCc1nc(COC(=O)C(=C)C)c(Cc2ccccc2)n1Cc1ccccc1. The van der Waals surface area contributed by atoms with Gasteiger partial charge in [0.25, 0.3) is 0 Å². The Hall–Kier alpha value is -3.40. The maximum absolute atomic E-state index is 11.9. The lowest BCUT2D eigenvalue weighted by molar-refractivity contribution is -0.140. The van der Waals surface area contributed by atoms with Crippen molar-refractivity contribution >= 4 is 5.97 Å². The third-order valence-corrected chi connectivity index (χ3v) is 4.65. The maximum Gasteiger partial charge on any atom is 0.333 e. The quantitative estimate of drug-likeness (QED) is 0.299. The largest absolute Gasteiger partial charge is 0.456 e. The fourth-order valence-electron chi connectivity index (χ4n) is 3.19. The minimum atomic E-state index is -0.404. The fraction of sp³-hybridized carbons (Fsp3) is 0.200. The molecule has 4 nitrogen and oxygen atoms in total. The molecule has 0 amide bonds. The van der Waals surface area contributed by atoms with Crippen LogP contribution in [0.2, 0.25) is 0 Å². The number of rotatable bonds is 9. The lowest BCUT2D eigenvalue weighted by atomic mass is 10.1. The van der Waals surface area contributed by atoms with Crippen LogP contribution in [0.3, 0.4) is 0 Å². The van der Waals surface area contributed by atoms with E-state index in [0.29, 0.717) is 25.0 Å². The molecule has 1 heterocycles. The van der Waals surface area contributed by atoms with E-state index >= 15 is 0 Å². The van der Waals surface area contributed by atoms with E-state index in [1.807, 2.05) is 42.5 Å². The highest BCUT2D eigenvalue weighted by Crippen LogP contribution is 2.21. The average molecular weight is 386 g/mol. The molecule has 0 aliphatic carbocycles. The Balaban J connectivity index is 2.00. The lowest BCUT2D eigenvalue weighted by Crippen LogP contribution is -2.11. The third kappa shape index (κ3) is 5.32. The standard InChI is InChI=1S/C25H26N2O2/c1-4-11-24-26-22(18-29-25(28)19(2)3)23(16-20-12-7-5-8-13-20)27(24)17-21-14-9-6-10-15-21/h4-10,12-15H,1-2,11,16-18H2,3H3. The van der Waals surface area contributed by atoms with Gasteiger partial charge in [0.2, 0.25) is 0 Å². The highest BCUT2D eigenvalue weighted by atomic mass is 16.5. The molecule has 3 aromatic rings. The number of carbonyl (C=O) groups excluding carboxylic acids is 1. The van der Waals surface area contributed by atoms with Crippen LogP contribution in [0, 0.1) is 0 Å². The monoisotopic (exact) mass is 386 g/mol. The summed E-state index contributed by atoms with van der Waals surface area (Å²) in [5.74, 6) is 0.509. The molecular formula is C25H26N2O2. The topological polar surface area (TPSA) is 44.1 Å². The van der Waals surface area contributed by atoms with Crippen LogP contribution in [-0.4, -0.2) is 15.5 Å². The van der Waals surface area contributed by atoms with Crippen molar-refractivity contribution in [2.24, 2.45) is 0 Å². The summed E-state index contributed by atoms with van der Waals surface area (Å²) >= 11 is 0. The third-order valence-electron chi connectivity index (χ3n) is 4.65. The van der Waals surface area contributed by atoms with Gasteiger partial charge >= 0.3 is 5.97 Å². The Morgan fingerprint density at radius 3 is 2.28 bits per heavy atom. The van der Waals surface area contributed by atoms with Gasteiger partial charge in [-0.05, 0) is 18.1 Å². The number of ether oxygens (including phenoxy) is 1. The van der Waals surface area contributed by atoms with Crippen LogP contribution < -0.4 is 0 Å². The molecular weight excluding hydrogens is 360 g/mol. The molecule has 0 radical (unpaired) electrons. The van der Waals surface area contributed by atoms with Crippen LogP contribution >= 0.6 is 0 Å². The van der Waals surface area contributed by atoms with Crippen LogP contribution in [0.4, 0.5) is 0 Å². The molecule has 29 heavy (non-hydrogen) atoms. The summed E-state index contributed by atoms with van der Waals surface area (Å²) in [5.41, 5.74) is 4.57. The van der Waals surface area contributed by atoms with Crippen LogP contribution in [0.15, 0.2) is 85.5 Å². The molecule has 0 N–H and O–H groups in total. The lowest BCUT2D eigenvalue weighted by Gasteiger charge is -2.13. The summed E-state index contributed by atoms with van der Waals surface area (Å²) < 4.78 is 7.64. The number of hydrogen-bond donors (Lipinski definition) is 0. The molecule has 1 aromatic heterocycles. The minimum absolute atomic E-state index is 0.125. The van der Waals surface area contributed by atoms with Gasteiger partial charge in [-0.2, -0.15) is 0 Å². The zero-order chi connectivity index (χ0) is 20.6. The molecule has 0 aliphatic rings. The van der Waals surface area contributed by atoms with Crippen molar-refractivity contribution < 1.29 is 9.53 Å². The van der Waals surface area contributed by atoms with Crippen molar-refractivity contribution in [2.45, 2.75) is 32.9 Å². The summed E-state index contributed by atoms with van der Waals surface area (Å²) in [6.07, 6.45) is 3.20. The van der Waals surface area contributed by atoms with E-state index in [-0.39, 0.29) is 6.61 Å². The zero-order valence-electron chi connectivity index (χ0n) is 16.8. The molecule has 0 bridgehead atoms. The summed E-state index contributed by atoms with van der Waals surface area (Å²) in [4.78, 5) is 16.7. The second kappa shape index (κ2) is 9.69. The molecule has 0 saturated carbocycles. The predicted molar refractivity (Wildman–Crippen MR) is 116 cm³/mol. The van der Waals surface area contributed by atoms with E-state index < -0.39 is 5.97 Å². The van der Waals surface area contributed by atoms with Gasteiger partial charge in [0.05, 0.1) is 5.69 Å². The smallest absolute Gasteiger partial charge is 0.333 e. The molecule has 4 heteroatoms. The summed E-state index contributed by atoms with van der Waals surface area (Å²) in [5, 5.41) is 0. The number of imidazole rings is 1. The molecule has 0 saturated heterocycles. The maximum atomic E-state index is 11.9. The van der Waals surface area contributed by atoms with Crippen molar-refractivity contribution in [3.05, 3.63) is 114 Å². The predicted octanol–water partition coefficient (Wildman–Crippen LogP) is 4.87. The minimum Gasteiger partial charge on any atom is -0.456 e. The molecule has 0 atom stereocenters. The van der Waals surface area contributed by atoms with E-state index in [1.54, 1.807) is 6.92 Å². The van der Waals surface area contributed by atoms with Crippen molar-refractivity contribution in [2.75, 3.05) is 0 Å². The number of nitrogens with zero attached hydrogens (tertiary/aromatic N) is 2. The first-order chi connectivity index (χ1) is 14.1. The first-order valence-corrected chi connectivity index (χ1v) is 9.67. The number of hydrogen-bond acceptors (Lipinski definition) is 3. The number of allylic oxidation sites excluding steroid dienone is 1. The van der Waals surface area contributed by atoms with Gasteiger partial charge in [0, 0.05) is 30.7 Å². The first-order valence-electron chi connectivity index (χ1n) is 9.67. The van der Waals surface area contributed by atoms with Crippen molar-refractivity contribution in [1.29, 1.82) is 0 Å². The Bertz CT molecular complexity index is 988. The molecule has 3 rings (SSSR count). The van der Waals surface area contributed by atoms with Gasteiger partial charge in [0.1, 0.15) is 12.4 Å². The Morgan fingerprint density at radius 1 is 1.07 bits per heavy atom. The van der Waals surface area contributed by atoms with Gasteiger partial charge in [0.15, 0.2) is 0 Å². The normalized spacial score (nSPS) is 10.5. The first kappa shape index (κ1) is 20.3. The van der Waals surface area contributed by atoms with Crippen LogP contribution in [0.5, 0.6) is 0 Å². The highest BCUT2D eigenvalue weighted by Gasteiger charge is 2.19. The summed E-state index contributed by atoms with van der Waals surface area (Å²) in [7, 11) is 0. The van der Waals surface area contributed by atoms with E-state index in [2.05, 4.69) is 42.0 Å². The average Bonchev–Trinajstić information content (AvgIpc) is 3.04. The second-order valence-corrected chi connectivity index (χ2v) is 7.00. The fourth-order valence-corrected chi connectivity index (χ4v) is 3.19. The molecule has 0 fully saturated rings. The van der Waals surface area contributed by atoms with E-state index in [9.17, 15) is 4.79 Å². The van der Waals surface area contributed by atoms with Crippen LogP contribution in [-0.2, 0) is 35.5 Å². The highest BCUT2D eigenvalue weighted by molar-refractivity contribution is 5.86. The Morgan fingerprint density at radius 2 is 1.69 bits per heavy atom. The van der Waals surface area contributed by atoms with E-state index in [0.717, 1.165) is 17.2 Å². The van der Waals surface area contributed by atoms with Gasteiger partial charge in [-0.15, -0.1) is 6.58 Å².